The highest BCUT2D eigenvalue weighted by molar-refractivity contribution is 6.31. The summed E-state index contributed by atoms with van der Waals surface area (Å²) in [7, 11) is 0. The van der Waals surface area contributed by atoms with Crippen LogP contribution in [0.5, 0.6) is 0 Å². The van der Waals surface area contributed by atoms with E-state index in [1.165, 1.54) is 6.26 Å². The van der Waals surface area contributed by atoms with Crippen LogP contribution in [0, 0.1) is 0 Å². The van der Waals surface area contributed by atoms with E-state index in [1.807, 2.05) is 29.1 Å². The molecule has 6 nitrogen and oxygen atoms in total. The summed E-state index contributed by atoms with van der Waals surface area (Å²) in [6, 6.07) is 18.9. The van der Waals surface area contributed by atoms with Crippen LogP contribution >= 0.6 is 11.6 Å². The number of halogens is 1. The van der Waals surface area contributed by atoms with Gasteiger partial charge < -0.3 is 19.6 Å². The number of rotatable bonds is 5. The number of hydrogen-bond acceptors (Lipinski definition) is 3. The van der Waals surface area contributed by atoms with Gasteiger partial charge in [0, 0.05) is 28.7 Å². The van der Waals surface area contributed by atoms with Gasteiger partial charge in [-0.2, -0.15) is 0 Å². The fourth-order valence-corrected chi connectivity index (χ4v) is 3.02. The van der Waals surface area contributed by atoms with Crippen molar-refractivity contribution < 1.29 is 14.0 Å². The molecule has 29 heavy (non-hydrogen) atoms. The Hall–Kier alpha value is -3.77. The molecule has 0 aliphatic heterocycles. The zero-order valence-corrected chi connectivity index (χ0v) is 15.9. The highest BCUT2D eigenvalue weighted by atomic mass is 35.5. The predicted octanol–water partition coefficient (Wildman–Crippen LogP) is 5.23. The van der Waals surface area contributed by atoms with Gasteiger partial charge in [0.15, 0.2) is 5.76 Å². The molecule has 0 aliphatic carbocycles. The van der Waals surface area contributed by atoms with Crippen LogP contribution in [0.25, 0.3) is 5.69 Å². The van der Waals surface area contributed by atoms with E-state index >= 15 is 0 Å². The highest BCUT2D eigenvalue weighted by Gasteiger charge is 2.13. The zero-order chi connectivity index (χ0) is 20.2. The molecule has 2 aromatic heterocycles. The van der Waals surface area contributed by atoms with Crippen LogP contribution in [-0.4, -0.2) is 16.4 Å². The molecule has 0 radical (unpaired) electrons. The number of hydrogen-bond donors (Lipinski definition) is 2. The lowest BCUT2D eigenvalue weighted by Gasteiger charge is -2.13. The van der Waals surface area contributed by atoms with Gasteiger partial charge in [-0.3, -0.25) is 9.59 Å². The van der Waals surface area contributed by atoms with Crippen molar-refractivity contribution in [1.82, 2.24) is 4.57 Å². The molecule has 0 atom stereocenters. The summed E-state index contributed by atoms with van der Waals surface area (Å²) in [5.74, 6) is -0.507. The molecule has 4 aromatic rings. The molecule has 0 bridgehead atoms. The fraction of sp³-hybridized carbons (Fsp3) is 0. The number of benzene rings is 2. The maximum Gasteiger partial charge on any atom is 0.291 e. The van der Waals surface area contributed by atoms with Gasteiger partial charge in [0.25, 0.3) is 11.8 Å². The molecule has 2 N–H and O–H groups in total. The monoisotopic (exact) mass is 405 g/mol. The van der Waals surface area contributed by atoms with Crippen LogP contribution in [0.1, 0.15) is 20.9 Å². The third-order valence-corrected chi connectivity index (χ3v) is 4.45. The van der Waals surface area contributed by atoms with E-state index in [1.54, 1.807) is 54.6 Å². The summed E-state index contributed by atoms with van der Waals surface area (Å²) in [6.45, 7) is 0. The first-order chi connectivity index (χ1) is 14.1. The number of carbonyl (C=O) groups excluding carboxylic acids is 2. The lowest BCUT2D eigenvalue weighted by Crippen LogP contribution is -2.15. The van der Waals surface area contributed by atoms with Crippen LogP contribution < -0.4 is 10.6 Å². The second-order valence-electron chi connectivity index (χ2n) is 6.22. The van der Waals surface area contributed by atoms with Gasteiger partial charge in [0.1, 0.15) is 0 Å². The molecular formula is C22H16ClN3O3. The number of aromatic nitrogens is 1. The molecule has 7 heteroatoms. The van der Waals surface area contributed by atoms with Crippen molar-refractivity contribution in [2.45, 2.75) is 0 Å². The van der Waals surface area contributed by atoms with E-state index in [2.05, 4.69) is 10.6 Å². The maximum atomic E-state index is 12.8. The number of nitrogens with one attached hydrogen (secondary N) is 2. The lowest BCUT2D eigenvalue weighted by atomic mass is 10.1. The van der Waals surface area contributed by atoms with Crippen LogP contribution in [-0.2, 0) is 0 Å². The highest BCUT2D eigenvalue weighted by Crippen LogP contribution is 2.25. The number of anilines is 2. The molecule has 2 aromatic carbocycles. The quantitative estimate of drug-likeness (QED) is 0.477. The van der Waals surface area contributed by atoms with Gasteiger partial charge in [-0.25, -0.2) is 0 Å². The van der Waals surface area contributed by atoms with Crippen LogP contribution in [0.15, 0.2) is 89.8 Å². The van der Waals surface area contributed by atoms with Gasteiger partial charge >= 0.3 is 0 Å². The first-order valence-corrected chi connectivity index (χ1v) is 9.17. The van der Waals surface area contributed by atoms with Gasteiger partial charge in [-0.05, 0) is 60.7 Å². The average molecular weight is 406 g/mol. The largest absolute Gasteiger partial charge is 0.459 e. The van der Waals surface area contributed by atoms with E-state index in [9.17, 15) is 9.59 Å². The Bertz CT molecular complexity index is 1150. The van der Waals surface area contributed by atoms with Crippen molar-refractivity contribution in [1.29, 1.82) is 0 Å². The second kappa shape index (κ2) is 8.08. The molecule has 0 saturated carbocycles. The fourth-order valence-electron chi connectivity index (χ4n) is 2.85. The minimum atomic E-state index is -0.389. The first kappa shape index (κ1) is 18.6. The third kappa shape index (κ3) is 4.23. The number of amides is 2. The van der Waals surface area contributed by atoms with Crippen molar-refractivity contribution in [3.05, 3.63) is 102 Å². The Kier molecular flexibility index (Phi) is 5.18. The number of nitrogens with zero attached hydrogens (tertiary/aromatic N) is 1. The first-order valence-electron chi connectivity index (χ1n) is 8.79. The SMILES string of the molecule is O=C(Nc1ccc(Cl)cc1-n1cccc1)c1cccc(NC(=O)c2ccco2)c1. The number of furan rings is 1. The van der Waals surface area contributed by atoms with Gasteiger partial charge in [0.2, 0.25) is 0 Å². The van der Waals surface area contributed by atoms with Crippen LogP contribution in [0.3, 0.4) is 0 Å². The van der Waals surface area contributed by atoms with Crippen LogP contribution in [0.2, 0.25) is 5.02 Å². The zero-order valence-electron chi connectivity index (χ0n) is 15.1. The second-order valence-corrected chi connectivity index (χ2v) is 6.65. The summed E-state index contributed by atoms with van der Waals surface area (Å²) in [4.78, 5) is 24.9. The Morgan fingerprint density at radius 2 is 1.69 bits per heavy atom. The van der Waals surface area contributed by atoms with Gasteiger partial charge in [-0.15, -0.1) is 0 Å². The molecular weight excluding hydrogens is 390 g/mol. The summed E-state index contributed by atoms with van der Waals surface area (Å²) >= 11 is 6.12. The Morgan fingerprint density at radius 3 is 2.45 bits per heavy atom. The van der Waals surface area contributed by atoms with E-state index in [4.69, 9.17) is 16.0 Å². The Labute approximate surface area is 171 Å². The van der Waals surface area contributed by atoms with E-state index < -0.39 is 0 Å². The summed E-state index contributed by atoms with van der Waals surface area (Å²) in [6.07, 6.45) is 5.16. The molecule has 0 aliphatic rings. The molecule has 144 valence electrons. The van der Waals surface area contributed by atoms with E-state index in [0.29, 0.717) is 22.0 Å². The van der Waals surface area contributed by atoms with Crippen molar-refractivity contribution >= 4 is 34.8 Å². The molecule has 0 saturated heterocycles. The Morgan fingerprint density at radius 1 is 0.862 bits per heavy atom. The Balaban J connectivity index is 1.55. The van der Waals surface area contributed by atoms with Gasteiger partial charge in [-0.1, -0.05) is 17.7 Å². The lowest BCUT2D eigenvalue weighted by molar-refractivity contribution is 0.0993. The average Bonchev–Trinajstić information content (AvgIpc) is 3.44. The summed E-state index contributed by atoms with van der Waals surface area (Å²) < 4.78 is 6.94. The normalized spacial score (nSPS) is 10.5. The number of carbonyl (C=O) groups is 2. The maximum absolute atomic E-state index is 12.8. The van der Waals surface area contributed by atoms with E-state index in [0.717, 1.165) is 5.69 Å². The molecule has 4 rings (SSSR count). The summed E-state index contributed by atoms with van der Waals surface area (Å²) in [5, 5.41) is 6.18. The van der Waals surface area contributed by atoms with Crippen molar-refractivity contribution in [2.24, 2.45) is 0 Å². The molecule has 2 amide bonds. The summed E-state index contributed by atoms with van der Waals surface area (Å²) in [5.41, 5.74) is 2.25. The molecule has 0 unspecified atom stereocenters. The minimum Gasteiger partial charge on any atom is -0.459 e. The smallest absolute Gasteiger partial charge is 0.291 e. The third-order valence-electron chi connectivity index (χ3n) is 4.22. The molecule has 0 spiro atoms. The van der Waals surface area contributed by atoms with Crippen molar-refractivity contribution in [3.8, 4) is 5.69 Å². The topological polar surface area (TPSA) is 76.3 Å². The van der Waals surface area contributed by atoms with Crippen molar-refractivity contribution in [2.75, 3.05) is 10.6 Å². The molecule has 2 heterocycles. The molecule has 0 fully saturated rings. The minimum absolute atomic E-state index is 0.192. The van der Waals surface area contributed by atoms with Crippen molar-refractivity contribution in [3.63, 3.8) is 0 Å². The predicted molar refractivity (Wildman–Crippen MR) is 112 cm³/mol. The van der Waals surface area contributed by atoms with E-state index in [-0.39, 0.29) is 17.6 Å². The van der Waals surface area contributed by atoms with Gasteiger partial charge in [0.05, 0.1) is 17.6 Å². The standard InChI is InChI=1S/C22H16ClN3O3/c23-16-8-9-18(19(14-16)26-10-1-2-11-26)25-21(27)15-5-3-6-17(13-15)24-22(28)20-7-4-12-29-20/h1-14H,(H,24,28)(H,25,27). The van der Waals surface area contributed by atoms with Crippen LogP contribution in [0.4, 0.5) is 11.4 Å².